The summed E-state index contributed by atoms with van der Waals surface area (Å²) in [7, 11) is 0. The van der Waals surface area contributed by atoms with Crippen LogP contribution in [0.25, 0.3) is 6.08 Å². The fourth-order valence-corrected chi connectivity index (χ4v) is 2.52. The van der Waals surface area contributed by atoms with E-state index in [4.69, 9.17) is 23.2 Å². The van der Waals surface area contributed by atoms with Crippen LogP contribution in [-0.2, 0) is 4.79 Å². The van der Waals surface area contributed by atoms with Gasteiger partial charge in [0.05, 0.1) is 0 Å². The van der Waals surface area contributed by atoms with Crippen LogP contribution in [0.1, 0.15) is 45.1 Å². The van der Waals surface area contributed by atoms with E-state index >= 15 is 0 Å². The highest BCUT2D eigenvalue weighted by Crippen LogP contribution is 2.21. The average molecular weight is 328 g/mol. The molecule has 0 bridgehead atoms. The Bertz CT molecular complexity index is 486. The monoisotopic (exact) mass is 327 g/mol. The van der Waals surface area contributed by atoms with E-state index in [1.807, 2.05) is 0 Å². The van der Waals surface area contributed by atoms with E-state index in [-0.39, 0.29) is 5.91 Å². The van der Waals surface area contributed by atoms with Crippen LogP contribution in [0.4, 0.5) is 0 Å². The normalized spacial score (nSPS) is 12.6. The molecule has 1 N–H and O–H groups in total. The maximum atomic E-state index is 11.8. The van der Waals surface area contributed by atoms with Gasteiger partial charge >= 0.3 is 0 Å². The molecule has 0 saturated carbocycles. The number of hydrogen-bond donors (Lipinski definition) is 1. The molecule has 1 aromatic carbocycles. The number of hydrogen-bond acceptors (Lipinski definition) is 1. The van der Waals surface area contributed by atoms with E-state index in [9.17, 15) is 4.79 Å². The minimum Gasteiger partial charge on any atom is -0.352 e. The summed E-state index contributed by atoms with van der Waals surface area (Å²) in [6.07, 6.45) is 7.89. The second-order valence-corrected chi connectivity index (χ2v) is 6.00. The quantitative estimate of drug-likeness (QED) is 0.641. The van der Waals surface area contributed by atoms with Gasteiger partial charge in [-0.3, -0.25) is 4.79 Å². The highest BCUT2D eigenvalue weighted by Gasteiger charge is 2.06. The lowest BCUT2D eigenvalue weighted by Gasteiger charge is -2.14. The largest absolute Gasteiger partial charge is 0.352 e. The molecule has 1 amide bonds. The van der Waals surface area contributed by atoms with Gasteiger partial charge in [-0.1, -0.05) is 62.4 Å². The number of rotatable bonds is 8. The zero-order valence-electron chi connectivity index (χ0n) is 12.7. The van der Waals surface area contributed by atoms with Gasteiger partial charge in [-0.2, -0.15) is 0 Å². The van der Waals surface area contributed by atoms with E-state index in [0.717, 1.165) is 18.5 Å². The molecule has 1 atom stereocenters. The van der Waals surface area contributed by atoms with E-state index in [0.29, 0.717) is 16.0 Å². The van der Waals surface area contributed by atoms with Crippen molar-refractivity contribution in [2.75, 3.05) is 6.54 Å². The Morgan fingerprint density at radius 1 is 1.33 bits per heavy atom. The molecule has 21 heavy (non-hydrogen) atoms. The van der Waals surface area contributed by atoms with Crippen molar-refractivity contribution in [2.24, 2.45) is 5.92 Å². The zero-order valence-corrected chi connectivity index (χ0v) is 14.2. The molecule has 0 aromatic heterocycles. The molecule has 1 rings (SSSR count). The van der Waals surface area contributed by atoms with Crippen LogP contribution in [0, 0.1) is 5.92 Å². The molecule has 0 aliphatic heterocycles. The third-order valence-electron chi connectivity index (χ3n) is 3.49. The molecule has 0 saturated heterocycles. The van der Waals surface area contributed by atoms with Crippen molar-refractivity contribution in [3.63, 3.8) is 0 Å². The van der Waals surface area contributed by atoms with E-state index < -0.39 is 0 Å². The van der Waals surface area contributed by atoms with Crippen molar-refractivity contribution in [1.82, 2.24) is 5.32 Å². The molecule has 0 radical (unpaired) electrons. The summed E-state index contributed by atoms with van der Waals surface area (Å²) < 4.78 is 0. The van der Waals surface area contributed by atoms with E-state index in [2.05, 4.69) is 19.2 Å². The molecule has 0 heterocycles. The number of halogens is 2. The summed E-state index contributed by atoms with van der Waals surface area (Å²) in [4.78, 5) is 11.8. The minimum absolute atomic E-state index is 0.0871. The molecule has 2 nitrogen and oxygen atoms in total. The molecule has 0 aliphatic rings. The van der Waals surface area contributed by atoms with Gasteiger partial charge in [-0.05, 0) is 36.1 Å². The third-order valence-corrected chi connectivity index (χ3v) is 4.05. The summed E-state index contributed by atoms with van der Waals surface area (Å²) in [6.45, 7) is 5.08. The van der Waals surface area contributed by atoms with Crippen molar-refractivity contribution >= 4 is 35.2 Å². The molecule has 4 heteroatoms. The topological polar surface area (TPSA) is 29.1 Å². The minimum atomic E-state index is -0.0871. The van der Waals surface area contributed by atoms with E-state index in [1.165, 1.54) is 25.3 Å². The summed E-state index contributed by atoms with van der Waals surface area (Å²) >= 11 is 11.9. The second-order valence-electron chi connectivity index (χ2n) is 5.16. The second kappa shape index (κ2) is 9.86. The Labute approximate surface area is 137 Å². The summed E-state index contributed by atoms with van der Waals surface area (Å²) in [5, 5.41) is 4.08. The summed E-state index contributed by atoms with van der Waals surface area (Å²) in [5.74, 6) is 0.470. The molecular formula is C17H23Cl2NO. The smallest absolute Gasteiger partial charge is 0.244 e. The Kier molecular flexibility index (Phi) is 8.48. The van der Waals surface area contributed by atoms with Gasteiger partial charge in [0.15, 0.2) is 0 Å². The molecule has 0 fully saturated rings. The van der Waals surface area contributed by atoms with Crippen LogP contribution < -0.4 is 5.32 Å². The Morgan fingerprint density at radius 3 is 2.71 bits per heavy atom. The van der Waals surface area contributed by atoms with Crippen molar-refractivity contribution < 1.29 is 4.79 Å². The Balaban J connectivity index is 2.47. The molecule has 1 unspecified atom stereocenters. The maximum absolute atomic E-state index is 11.8. The van der Waals surface area contributed by atoms with Gasteiger partial charge < -0.3 is 5.32 Å². The first-order valence-corrected chi connectivity index (χ1v) is 8.23. The van der Waals surface area contributed by atoms with Crippen molar-refractivity contribution in [2.45, 2.75) is 39.5 Å². The highest BCUT2D eigenvalue weighted by molar-refractivity contribution is 6.35. The molecule has 0 aliphatic carbocycles. The van der Waals surface area contributed by atoms with Gasteiger partial charge in [0.25, 0.3) is 0 Å². The number of nitrogens with one attached hydrogen (secondary N) is 1. The summed E-state index contributed by atoms with van der Waals surface area (Å²) in [6, 6.07) is 5.21. The van der Waals surface area contributed by atoms with Gasteiger partial charge in [-0.15, -0.1) is 0 Å². The zero-order chi connectivity index (χ0) is 15.7. The van der Waals surface area contributed by atoms with Gasteiger partial charge in [0.1, 0.15) is 0 Å². The van der Waals surface area contributed by atoms with Crippen molar-refractivity contribution in [1.29, 1.82) is 0 Å². The lowest BCUT2D eigenvalue weighted by atomic mass is 9.99. The summed E-state index contributed by atoms with van der Waals surface area (Å²) in [5.41, 5.74) is 0.786. The highest BCUT2D eigenvalue weighted by atomic mass is 35.5. The lowest BCUT2D eigenvalue weighted by molar-refractivity contribution is -0.116. The average Bonchev–Trinajstić information content (AvgIpc) is 2.46. The van der Waals surface area contributed by atoms with Crippen LogP contribution in [-0.4, -0.2) is 12.5 Å². The molecular weight excluding hydrogens is 305 g/mol. The van der Waals surface area contributed by atoms with Crippen LogP contribution in [0.3, 0.4) is 0 Å². The predicted octanol–water partition coefficient (Wildman–Crippen LogP) is 5.34. The van der Waals surface area contributed by atoms with E-state index in [1.54, 1.807) is 24.3 Å². The molecule has 0 spiro atoms. The maximum Gasteiger partial charge on any atom is 0.244 e. The first-order valence-electron chi connectivity index (χ1n) is 7.47. The molecule has 1 aromatic rings. The fraction of sp³-hybridized carbons (Fsp3) is 0.471. The van der Waals surface area contributed by atoms with Gasteiger partial charge in [0.2, 0.25) is 5.91 Å². The Morgan fingerprint density at radius 2 is 2.10 bits per heavy atom. The first kappa shape index (κ1) is 18.1. The number of carbonyl (C=O) groups excluding carboxylic acids is 1. The lowest BCUT2D eigenvalue weighted by Crippen LogP contribution is -2.27. The van der Waals surface area contributed by atoms with Crippen molar-refractivity contribution in [3.05, 3.63) is 39.9 Å². The number of amides is 1. The standard InChI is InChI=1S/C17H23Cl2NO/c1-3-5-6-13(4-2)12-20-17(21)10-8-14-7-9-15(18)11-16(14)19/h7-11,13H,3-6,12H2,1-2H3,(H,20,21)/b10-8+. The number of benzene rings is 1. The Hall–Kier alpha value is -0.990. The van der Waals surface area contributed by atoms with Crippen LogP contribution >= 0.6 is 23.2 Å². The number of carbonyl (C=O) groups is 1. The van der Waals surface area contributed by atoms with Gasteiger partial charge in [0, 0.05) is 22.7 Å². The first-order chi connectivity index (χ1) is 10.1. The fourth-order valence-electron chi connectivity index (χ4n) is 2.05. The number of unbranched alkanes of at least 4 members (excludes halogenated alkanes) is 1. The molecule has 116 valence electrons. The van der Waals surface area contributed by atoms with Crippen LogP contribution in [0.2, 0.25) is 10.0 Å². The van der Waals surface area contributed by atoms with Crippen LogP contribution in [0.15, 0.2) is 24.3 Å². The SMILES string of the molecule is CCCCC(CC)CNC(=O)/C=C/c1ccc(Cl)cc1Cl. The third kappa shape index (κ3) is 7.01. The van der Waals surface area contributed by atoms with Crippen molar-refractivity contribution in [3.8, 4) is 0 Å². The van der Waals surface area contributed by atoms with Crippen LogP contribution in [0.5, 0.6) is 0 Å². The predicted molar refractivity (Wildman–Crippen MR) is 91.8 cm³/mol. The van der Waals surface area contributed by atoms with Gasteiger partial charge in [-0.25, -0.2) is 0 Å².